The second kappa shape index (κ2) is 4.69. The number of nitrogens with one attached hydrogen (secondary N) is 2. The topological polar surface area (TPSA) is 83.8 Å². The van der Waals surface area contributed by atoms with Gasteiger partial charge in [0, 0.05) is 23.1 Å². The fourth-order valence-corrected chi connectivity index (χ4v) is 1.57. The van der Waals surface area contributed by atoms with E-state index in [-0.39, 0.29) is 5.78 Å². The summed E-state index contributed by atoms with van der Waals surface area (Å²) in [4.78, 5) is 18.1. The molecule has 0 saturated heterocycles. The van der Waals surface area contributed by atoms with Gasteiger partial charge in [0.25, 0.3) is 0 Å². The number of aromatic nitrogens is 2. The van der Waals surface area contributed by atoms with Gasteiger partial charge in [-0.2, -0.15) is 0 Å². The third-order valence-corrected chi connectivity index (χ3v) is 2.47. The highest BCUT2D eigenvalue weighted by Crippen LogP contribution is 2.18. The zero-order valence-electron chi connectivity index (χ0n) is 9.53. The van der Waals surface area contributed by atoms with Gasteiger partial charge in [0.05, 0.1) is 18.6 Å². The van der Waals surface area contributed by atoms with E-state index in [1.807, 2.05) is 6.07 Å². The number of nitrogens with two attached hydrogens (primary N) is 1. The first-order valence-electron chi connectivity index (χ1n) is 5.28. The summed E-state index contributed by atoms with van der Waals surface area (Å²) in [5, 5.41) is 3.19. The lowest BCUT2D eigenvalue weighted by Gasteiger charge is -2.08. The Kier molecular flexibility index (Phi) is 3.09. The van der Waals surface area contributed by atoms with Crippen LogP contribution in [0.4, 0.5) is 11.4 Å². The number of nitrogen functional groups attached to an aromatic ring is 1. The minimum absolute atomic E-state index is 0.0254. The Morgan fingerprint density at radius 1 is 1.53 bits per heavy atom. The molecule has 0 unspecified atom stereocenters. The van der Waals surface area contributed by atoms with Crippen molar-refractivity contribution in [1.82, 2.24) is 9.97 Å². The van der Waals surface area contributed by atoms with E-state index in [1.165, 1.54) is 6.92 Å². The van der Waals surface area contributed by atoms with Crippen LogP contribution in [0.15, 0.2) is 30.7 Å². The van der Waals surface area contributed by atoms with E-state index in [0.29, 0.717) is 17.8 Å². The molecule has 1 heterocycles. The Bertz CT molecular complexity index is 519. The molecule has 0 saturated carbocycles. The standard InChI is InChI=1S/C12H14N4O/c1-8(17)11-3-2-9(4-12(11)13)15-6-10-5-14-7-16-10/h2-5,7,15H,6,13H2,1H3,(H,14,16). The molecule has 0 fully saturated rings. The van der Waals surface area contributed by atoms with Gasteiger partial charge in [-0.25, -0.2) is 4.98 Å². The zero-order chi connectivity index (χ0) is 12.3. The maximum atomic E-state index is 11.2. The third kappa shape index (κ3) is 2.63. The largest absolute Gasteiger partial charge is 0.398 e. The number of carbonyl (C=O) groups excluding carboxylic acids is 1. The van der Waals surface area contributed by atoms with Crippen LogP contribution in [-0.4, -0.2) is 15.8 Å². The number of hydrogen-bond donors (Lipinski definition) is 3. The Hall–Kier alpha value is -2.30. The van der Waals surface area contributed by atoms with Crippen LogP contribution in [-0.2, 0) is 6.54 Å². The van der Waals surface area contributed by atoms with Gasteiger partial charge < -0.3 is 16.0 Å². The second-order valence-electron chi connectivity index (χ2n) is 3.79. The average Bonchev–Trinajstić information content (AvgIpc) is 2.78. The number of ketones is 1. The lowest BCUT2D eigenvalue weighted by atomic mass is 10.1. The van der Waals surface area contributed by atoms with Crippen LogP contribution < -0.4 is 11.1 Å². The molecule has 0 aliphatic heterocycles. The predicted molar refractivity (Wildman–Crippen MR) is 66.8 cm³/mol. The average molecular weight is 230 g/mol. The van der Waals surface area contributed by atoms with Gasteiger partial charge in [0.1, 0.15) is 0 Å². The van der Waals surface area contributed by atoms with Crippen molar-refractivity contribution in [3.05, 3.63) is 42.0 Å². The molecule has 0 aliphatic rings. The number of Topliss-reactive ketones (excluding diaryl/α,β-unsaturated/α-hetero) is 1. The van der Waals surface area contributed by atoms with E-state index in [2.05, 4.69) is 15.3 Å². The number of benzene rings is 1. The van der Waals surface area contributed by atoms with Crippen molar-refractivity contribution < 1.29 is 4.79 Å². The van der Waals surface area contributed by atoms with E-state index < -0.39 is 0 Å². The summed E-state index contributed by atoms with van der Waals surface area (Å²) in [5.41, 5.74) is 8.70. The lowest BCUT2D eigenvalue weighted by Crippen LogP contribution is -2.03. The molecule has 4 N–H and O–H groups in total. The highest BCUT2D eigenvalue weighted by molar-refractivity contribution is 5.99. The van der Waals surface area contributed by atoms with E-state index >= 15 is 0 Å². The molecule has 0 atom stereocenters. The van der Waals surface area contributed by atoms with Crippen molar-refractivity contribution in [3.8, 4) is 0 Å². The fourth-order valence-electron chi connectivity index (χ4n) is 1.57. The number of anilines is 2. The van der Waals surface area contributed by atoms with Crippen LogP contribution in [0.1, 0.15) is 23.0 Å². The molecule has 2 aromatic rings. The summed E-state index contributed by atoms with van der Waals surface area (Å²) in [7, 11) is 0. The molecule has 1 aromatic heterocycles. The molecule has 5 heteroatoms. The minimum atomic E-state index is -0.0254. The van der Waals surface area contributed by atoms with Crippen molar-refractivity contribution in [2.45, 2.75) is 13.5 Å². The van der Waals surface area contributed by atoms with Crippen LogP contribution in [0, 0.1) is 0 Å². The lowest BCUT2D eigenvalue weighted by molar-refractivity contribution is 0.101. The zero-order valence-corrected chi connectivity index (χ0v) is 9.53. The third-order valence-electron chi connectivity index (χ3n) is 2.47. The summed E-state index contributed by atoms with van der Waals surface area (Å²) in [6, 6.07) is 5.32. The van der Waals surface area contributed by atoms with Gasteiger partial charge in [-0.3, -0.25) is 4.79 Å². The van der Waals surface area contributed by atoms with E-state index in [4.69, 9.17) is 5.73 Å². The first-order chi connectivity index (χ1) is 8.16. The normalized spacial score (nSPS) is 10.2. The number of imidazole rings is 1. The van der Waals surface area contributed by atoms with Gasteiger partial charge in [-0.15, -0.1) is 0 Å². The number of H-pyrrole nitrogens is 1. The van der Waals surface area contributed by atoms with Crippen LogP contribution in [0.25, 0.3) is 0 Å². The maximum Gasteiger partial charge on any atom is 0.161 e. The van der Waals surface area contributed by atoms with E-state index in [1.54, 1.807) is 24.7 Å². The second-order valence-corrected chi connectivity index (χ2v) is 3.79. The highest BCUT2D eigenvalue weighted by atomic mass is 16.1. The van der Waals surface area contributed by atoms with Crippen molar-refractivity contribution in [2.24, 2.45) is 0 Å². The van der Waals surface area contributed by atoms with E-state index in [9.17, 15) is 4.79 Å². The Balaban J connectivity index is 2.07. The summed E-state index contributed by atoms with van der Waals surface area (Å²) in [5.74, 6) is -0.0254. The number of carbonyl (C=O) groups is 1. The molecular formula is C12H14N4O. The Labute approximate surface area is 99.1 Å². The number of hydrogen-bond acceptors (Lipinski definition) is 4. The smallest absolute Gasteiger partial charge is 0.161 e. The van der Waals surface area contributed by atoms with Crippen molar-refractivity contribution in [3.63, 3.8) is 0 Å². The number of rotatable bonds is 4. The van der Waals surface area contributed by atoms with E-state index in [0.717, 1.165) is 11.4 Å². The quantitative estimate of drug-likeness (QED) is 0.552. The molecule has 2 rings (SSSR count). The van der Waals surface area contributed by atoms with Gasteiger partial charge >= 0.3 is 0 Å². The van der Waals surface area contributed by atoms with Crippen molar-refractivity contribution >= 4 is 17.2 Å². The predicted octanol–water partition coefficient (Wildman–Crippen LogP) is 1.81. The number of aromatic amines is 1. The Morgan fingerprint density at radius 2 is 2.35 bits per heavy atom. The van der Waals surface area contributed by atoms with Crippen LogP contribution in [0.3, 0.4) is 0 Å². The van der Waals surface area contributed by atoms with Crippen LogP contribution in [0.2, 0.25) is 0 Å². The van der Waals surface area contributed by atoms with Crippen LogP contribution >= 0.6 is 0 Å². The molecule has 0 radical (unpaired) electrons. The van der Waals surface area contributed by atoms with Crippen molar-refractivity contribution in [2.75, 3.05) is 11.1 Å². The SMILES string of the molecule is CC(=O)c1ccc(NCc2cnc[nH]2)cc1N. The monoisotopic (exact) mass is 230 g/mol. The number of nitrogens with zero attached hydrogens (tertiary/aromatic N) is 1. The van der Waals surface area contributed by atoms with Gasteiger partial charge in [-0.1, -0.05) is 0 Å². The molecule has 1 aromatic carbocycles. The summed E-state index contributed by atoms with van der Waals surface area (Å²) in [6.45, 7) is 2.14. The molecule has 0 amide bonds. The molecule has 5 nitrogen and oxygen atoms in total. The summed E-state index contributed by atoms with van der Waals surface area (Å²) < 4.78 is 0. The summed E-state index contributed by atoms with van der Waals surface area (Å²) in [6.07, 6.45) is 3.38. The minimum Gasteiger partial charge on any atom is -0.398 e. The molecule has 0 bridgehead atoms. The molecule has 88 valence electrons. The summed E-state index contributed by atoms with van der Waals surface area (Å²) >= 11 is 0. The van der Waals surface area contributed by atoms with Gasteiger partial charge in [0.15, 0.2) is 5.78 Å². The fraction of sp³-hybridized carbons (Fsp3) is 0.167. The van der Waals surface area contributed by atoms with Gasteiger partial charge in [-0.05, 0) is 25.1 Å². The molecular weight excluding hydrogens is 216 g/mol. The highest BCUT2D eigenvalue weighted by Gasteiger charge is 2.05. The van der Waals surface area contributed by atoms with Crippen LogP contribution in [0.5, 0.6) is 0 Å². The van der Waals surface area contributed by atoms with Crippen molar-refractivity contribution in [1.29, 1.82) is 0 Å². The molecule has 17 heavy (non-hydrogen) atoms. The maximum absolute atomic E-state index is 11.2. The first kappa shape index (κ1) is 11.2. The molecule has 0 spiro atoms. The Morgan fingerprint density at radius 3 is 2.94 bits per heavy atom. The molecule has 0 aliphatic carbocycles. The first-order valence-corrected chi connectivity index (χ1v) is 5.28. The van der Waals surface area contributed by atoms with Gasteiger partial charge in [0.2, 0.25) is 0 Å².